The smallest absolute Gasteiger partial charge is 0.316 e. The van der Waals surface area contributed by atoms with Gasteiger partial charge in [0.05, 0.1) is 0 Å². The van der Waals surface area contributed by atoms with Gasteiger partial charge in [0.1, 0.15) is 0 Å². The fourth-order valence-corrected chi connectivity index (χ4v) is 1.28. The quantitative estimate of drug-likeness (QED) is 0.589. The maximum atomic E-state index is 11.7. The van der Waals surface area contributed by atoms with Crippen LogP contribution in [0.4, 0.5) is 10.5 Å². The highest BCUT2D eigenvalue weighted by Crippen LogP contribution is 2.10. The molecule has 1 rings (SSSR count). The number of likely N-dealkylation sites (N-methyl/N-ethyl adjacent to an activating group) is 1. The third-order valence-corrected chi connectivity index (χ3v) is 2.05. The van der Waals surface area contributed by atoms with E-state index in [4.69, 9.17) is 5.73 Å². The Morgan fingerprint density at radius 2 is 2.00 bits per heavy atom. The molecule has 0 radical (unpaired) electrons. The van der Waals surface area contributed by atoms with Crippen LogP contribution in [0.2, 0.25) is 0 Å². The summed E-state index contributed by atoms with van der Waals surface area (Å²) in [6.45, 7) is 1.24. The van der Waals surface area contributed by atoms with Crippen molar-refractivity contribution in [1.29, 1.82) is 0 Å². The second kappa shape index (κ2) is 8.32. The number of hydrogen-bond donors (Lipinski definition) is 4. The van der Waals surface area contributed by atoms with Crippen molar-refractivity contribution in [3.8, 4) is 0 Å². The molecule has 0 fully saturated rings. The SMILES string of the molecule is CNCCNC(=O)c1cccc(NC(N)=O)c1.Cl. The first-order chi connectivity index (χ1) is 8.13. The van der Waals surface area contributed by atoms with Crippen molar-refractivity contribution >= 4 is 30.0 Å². The topological polar surface area (TPSA) is 96.2 Å². The molecular formula is C11H17ClN4O2. The molecule has 0 aliphatic carbocycles. The molecule has 100 valence electrons. The summed E-state index contributed by atoms with van der Waals surface area (Å²) in [7, 11) is 1.81. The second-order valence-electron chi connectivity index (χ2n) is 3.43. The summed E-state index contributed by atoms with van der Waals surface area (Å²) in [5, 5.41) is 8.07. The standard InChI is InChI=1S/C11H16N4O2.ClH/c1-13-5-6-14-10(16)8-3-2-4-9(7-8)15-11(12)17;/h2-4,7,13H,5-6H2,1H3,(H,14,16)(H3,12,15,17);1H. The molecule has 5 N–H and O–H groups in total. The van der Waals surface area contributed by atoms with Crippen molar-refractivity contribution in [2.45, 2.75) is 0 Å². The van der Waals surface area contributed by atoms with Gasteiger partial charge in [-0.25, -0.2) is 4.79 Å². The number of hydrogen-bond acceptors (Lipinski definition) is 3. The van der Waals surface area contributed by atoms with Crippen LogP contribution in [0.25, 0.3) is 0 Å². The second-order valence-corrected chi connectivity index (χ2v) is 3.43. The van der Waals surface area contributed by atoms with Gasteiger partial charge in [-0.1, -0.05) is 6.07 Å². The molecule has 1 aromatic carbocycles. The molecular weight excluding hydrogens is 256 g/mol. The Kier molecular flexibility index (Phi) is 7.50. The van der Waals surface area contributed by atoms with Crippen molar-refractivity contribution in [2.24, 2.45) is 5.73 Å². The van der Waals surface area contributed by atoms with Gasteiger partial charge in [0.2, 0.25) is 0 Å². The number of benzene rings is 1. The van der Waals surface area contributed by atoms with E-state index in [0.717, 1.165) is 0 Å². The molecule has 0 unspecified atom stereocenters. The predicted molar refractivity (Wildman–Crippen MR) is 73.2 cm³/mol. The Morgan fingerprint density at radius 3 is 2.61 bits per heavy atom. The molecule has 0 saturated heterocycles. The van der Waals surface area contributed by atoms with Crippen molar-refractivity contribution in [3.63, 3.8) is 0 Å². The van der Waals surface area contributed by atoms with E-state index in [9.17, 15) is 9.59 Å². The summed E-state index contributed by atoms with van der Waals surface area (Å²) in [5.74, 6) is -0.187. The summed E-state index contributed by atoms with van der Waals surface area (Å²) in [6, 6.07) is 5.92. The normalized spacial score (nSPS) is 9.17. The first-order valence-corrected chi connectivity index (χ1v) is 5.23. The number of amides is 3. The molecule has 7 heteroatoms. The van der Waals surface area contributed by atoms with Crippen molar-refractivity contribution < 1.29 is 9.59 Å². The molecule has 0 saturated carbocycles. The van der Waals surface area contributed by atoms with Crippen LogP contribution in [0.15, 0.2) is 24.3 Å². The Bertz CT molecular complexity index is 412. The number of anilines is 1. The van der Waals surface area contributed by atoms with E-state index in [1.807, 2.05) is 7.05 Å². The minimum absolute atomic E-state index is 0. The van der Waals surface area contributed by atoms with Gasteiger partial charge in [-0.05, 0) is 25.2 Å². The van der Waals surface area contributed by atoms with Gasteiger partial charge in [0, 0.05) is 24.3 Å². The highest BCUT2D eigenvalue weighted by Gasteiger charge is 2.05. The number of nitrogens with one attached hydrogen (secondary N) is 3. The van der Waals surface area contributed by atoms with Crippen LogP contribution in [-0.4, -0.2) is 32.1 Å². The van der Waals surface area contributed by atoms with Crippen LogP contribution < -0.4 is 21.7 Å². The number of halogens is 1. The van der Waals surface area contributed by atoms with Crippen molar-refractivity contribution in [1.82, 2.24) is 10.6 Å². The Balaban J connectivity index is 0.00000289. The number of urea groups is 1. The molecule has 0 aromatic heterocycles. The van der Waals surface area contributed by atoms with Crippen LogP contribution in [0.5, 0.6) is 0 Å². The lowest BCUT2D eigenvalue weighted by atomic mass is 10.2. The van der Waals surface area contributed by atoms with E-state index >= 15 is 0 Å². The molecule has 0 aliphatic rings. The maximum absolute atomic E-state index is 11.7. The lowest BCUT2D eigenvalue weighted by Crippen LogP contribution is -2.30. The van der Waals surface area contributed by atoms with E-state index in [0.29, 0.717) is 24.3 Å². The van der Waals surface area contributed by atoms with Crippen LogP contribution in [-0.2, 0) is 0 Å². The summed E-state index contributed by atoms with van der Waals surface area (Å²) >= 11 is 0. The maximum Gasteiger partial charge on any atom is 0.316 e. The first kappa shape index (κ1) is 16.2. The van der Waals surface area contributed by atoms with E-state index < -0.39 is 6.03 Å². The van der Waals surface area contributed by atoms with Gasteiger partial charge >= 0.3 is 6.03 Å². The lowest BCUT2D eigenvalue weighted by molar-refractivity contribution is 0.0954. The average Bonchev–Trinajstić information content (AvgIpc) is 2.28. The van der Waals surface area contributed by atoms with Gasteiger partial charge in [0.15, 0.2) is 0 Å². The van der Waals surface area contributed by atoms with Crippen molar-refractivity contribution in [2.75, 3.05) is 25.5 Å². The molecule has 0 bridgehead atoms. The van der Waals surface area contributed by atoms with Crippen LogP contribution in [0, 0.1) is 0 Å². The van der Waals surface area contributed by atoms with Crippen LogP contribution in [0.1, 0.15) is 10.4 Å². The molecule has 6 nitrogen and oxygen atoms in total. The van der Waals surface area contributed by atoms with Crippen LogP contribution in [0.3, 0.4) is 0 Å². The molecule has 1 aromatic rings. The Morgan fingerprint density at radius 1 is 1.28 bits per heavy atom. The Hall–Kier alpha value is -1.79. The van der Waals surface area contributed by atoms with E-state index in [2.05, 4.69) is 16.0 Å². The van der Waals surface area contributed by atoms with E-state index in [1.165, 1.54) is 0 Å². The number of carbonyl (C=O) groups is 2. The fraction of sp³-hybridized carbons (Fsp3) is 0.273. The van der Waals surface area contributed by atoms with Gasteiger partial charge in [0.25, 0.3) is 5.91 Å². The molecule has 0 aliphatic heterocycles. The minimum atomic E-state index is -0.655. The fourth-order valence-electron chi connectivity index (χ4n) is 1.28. The Labute approximate surface area is 112 Å². The minimum Gasteiger partial charge on any atom is -0.351 e. The zero-order valence-electron chi connectivity index (χ0n) is 10.0. The van der Waals surface area contributed by atoms with Crippen molar-refractivity contribution in [3.05, 3.63) is 29.8 Å². The molecule has 0 heterocycles. The van der Waals surface area contributed by atoms with Crippen LogP contribution >= 0.6 is 12.4 Å². The summed E-state index contributed by atoms with van der Waals surface area (Å²) in [5.41, 5.74) is 5.97. The van der Waals surface area contributed by atoms with Gasteiger partial charge in [-0.2, -0.15) is 0 Å². The number of rotatable bonds is 5. The lowest BCUT2D eigenvalue weighted by Gasteiger charge is -2.06. The molecule has 3 amide bonds. The zero-order valence-corrected chi connectivity index (χ0v) is 10.8. The molecule has 0 spiro atoms. The van der Waals surface area contributed by atoms with E-state index in [1.54, 1.807) is 24.3 Å². The highest BCUT2D eigenvalue weighted by atomic mass is 35.5. The number of nitrogens with two attached hydrogens (primary N) is 1. The highest BCUT2D eigenvalue weighted by molar-refractivity contribution is 5.96. The van der Waals surface area contributed by atoms with E-state index in [-0.39, 0.29) is 18.3 Å². The number of carbonyl (C=O) groups excluding carboxylic acids is 2. The zero-order chi connectivity index (χ0) is 12.7. The summed E-state index contributed by atoms with van der Waals surface area (Å²) in [6.07, 6.45) is 0. The third-order valence-electron chi connectivity index (χ3n) is 2.05. The van der Waals surface area contributed by atoms with Gasteiger partial charge < -0.3 is 21.7 Å². The average molecular weight is 273 g/mol. The summed E-state index contributed by atoms with van der Waals surface area (Å²) < 4.78 is 0. The predicted octanol–water partition coefficient (Wildman–Crippen LogP) is 0.548. The largest absolute Gasteiger partial charge is 0.351 e. The first-order valence-electron chi connectivity index (χ1n) is 5.23. The molecule has 18 heavy (non-hydrogen) atoms. The van der Waals surface area contributed by atoms with Gasteiger partial charge in [-0.15, -0.1) is 12.4 Å². The van der Waals surface area contributed by atoms with Gasteiger partial charge in [-0.3, -0.25) is 4.79 Å². The molecule has 0 atom stereocenters. The summed E-state index contributed by atoms with van der Waals surface area (Å²) in [4.78, 5) is 22.3. The third kappa shape index (κ3) is 5.51. The monoisotopic (exact) mass is 272 g/mol. The number of primary amides is 1.